The number of aromatic nitrogens is 2. The van der Waals surface area contributed by atoms with Gasteiger partial charge in [0.15, 0.2) is 5.82 Å². The summed E-state index contributed by atoms with van der Waals surface area (Å²) in [6.07, 6.45) is -1.09. The van der Waals surface area contributed by atoms with Gasteiger partial charge in [0.1, 0.15) is 0 Å². The Bertz CT molecular complexity index is 1020. The predicted molar refractivity (Wildman–Crippen MR) is 100 cm³/mol. The summed E-state index contributed by atoms with van der Waals surface area (Å²) in [7, 11) is 0. The van der Waals surface area contributed by atoms with Crippen LogP contribution in [0.25, 0.3) is 5.69 Å². The van der Waals surface area contributed by atoms with Crippen molar-refractivity contribution in [2.75, 3.05) is 0 Å². The van der Waals surface area contributed by atoms with Crippen molar-refractivity contribution in [1.29, 1.82) is 0 Å². The van der Waals surface area contributed by atoms with Crippen LogP contribution < -0.4 is 0 Å². The first-order valence-corrected chi connectivity index (χ1v) is 8.60. The summed E-state index contributed by atoms with van der Waals surface area (Å²) in [6, 6.07) is 13.0. The van der Waals surface area contributed by atoms with Crippen LogP contribution in [0.15, 0.2) is 47.5 Å². The topological polar surface area (TPSA) is 50.4 Å². The fourth-order valence-corrected chi connectivity index (χ4v) is 3.52. The van der Waals surface area contributed by atoms with Gasteiger partial charge in [-0.2, -0.15) is 0 Å². The van der Waals surface area contributed by atoms with Gasteiger partial charge in [0.2, 0.25) is 6.23 Å². The van der Waals surface area contributed by atoms with Crippen LogP contribution in [-0.4, -0.2) is 20.4 Å². The lowest BCUT2D eigenvalue weighted by Gasteiger charge is -2.14. The summed E-state index contributed by atoms with van der Waals surface area (Å²) in [4.78, 5) is 9.03. The van der Waals surface area contributed by atoms with Gasteiger partial charge in [-0.25, -0.2) is 9.98 Å². The minimum atomic E-state index is -1.09. The van der Waals surface area contributed by atoms with E-state index in [0.29, 0.717) is 21.6 Å². The van der Waals surface area contributed by atoms with Crippen LogP contribution >= 0.6 is 23.2 Å². The van der Waals surface area contributed by atoms with Gasteiger partial charge in [-0.15, -0.1) is 0 Å². The molecule has 6 heteroatoms. The van der Waals surface area contributed by atoms with Crippen LogP contribution in [0.4, 0.5) is 0 Å². The lowest BCUT2D eigenvalue weighted by atomic mass is 10.00. The summed E-state index contributed by atoms with van der Waals surface area (Å²) >= 11 is 12.6. The van der Waals surface area contributed by atoms with Crippen LogP contribution in [-0.2, 0) is 0 Å². The molecule has 2 aromatic carbocycles. The number of halogens is 2. The van der Waals surface area contributed by atoms with E-state index in [0.717, 1.165) is 28.2 Å². The van der Waals surface area contributed by atoms with E-state index in [1.807, 2.05) is 54.8 Å². The number of aliphatic hydroxyl groups excluding tert-OH is 1. The Morgan fingerprint density at radius 1 is 1.04 bits per heavy atom. The highest BCUT2D eigenvalue weighted by molar-refractivity contribution is 6.36. The van der Waals surface area contributed by atoms with E-state index in [-0.39, 0.29) is 0 Å². The minimum absolute atomic E-state index is 0.487. The zero-order valence-corrected chi connectivity index (χ0v) is 15.2. The zero-order chi connectivity index (χ0) is 17.7. The van der Waals surface area contributed by atoms with Crippen LogP contribution in [0.5, 0.6) is 0 Å². The Kier molecular flexibility index (Phi) is 3.91. The highest BCUT2D eigenvalue weighted by Crippen LogP contribution is 2.34. The highest BCUT2D eigenvalue weighted by Gasteiger charge is 2.27. The normalized spacial score (nSPS) is 16.0. The number of hydrogen-bond donors (Lipinski definition) is 1. The quantitative estimate of drug-likeness (QED) is 0.677. The molecule has 126 valence electrons. The third kappa shape index (κ3) is 2.58. The molecule has 0 fully saturated rings. The van der Waals surface area contributed by atoms with Crippen molar-refractivity contribution in [3.05, 3.63) is 80.8 Å². The number of imidazole rings is 1. The van der Waals surface area contributed by atoms with Crippen molar-refractivity contribution in [3.8, 4) is 5.69 Å². The van der Waals surface area contributed by atoms with Gasteiger partial charge < -0.3 is 5.11 Å². The summed E-state index contributed by atoms with van der Waals surface area (Å²) in [5.41, 5.74) is 4.82. The fraction of sp³-hybridized carbons (Fsp3) is 0.158. The Hall–Kier alpha value is -2.14. The average Bonchev–Trinajstić information content (AvgIpc) is 2.82. The molecule has 1 unspecified atom stereocenters. The van der Waals surface area contributed by atoms with Crippen molar-refractivity contribution in [3.63, 3.8) is 0 Å². The molecule has 1 atom stereocenters. The minimum Gasteiger partial charge on any atom is -0.365 e. The molecule has 0 radical (unpaired) electrons. The molecule has 0 saturated carbocycles. The zero-order valence-electron chi connectivity index (χ0n) is 13.7. The molecule has 0 saturated heterocycles. The molecule has 25 heavy (non-hydrogen) atoms. The second-order valence-corrected chi connectivity index (χ2v) is 6.81. The average molecular weight is 372 g/mol. The van der Waals surface area contributed by atoms with E-state index in [4.69, 9.17) is 23.2 Å². The largest absolute Gasteiger partial charge is 0.365 e. The number of fused-ring (bicyclic) bond motifs is 3. The number of rotatable bonds is 1. The second-order valence-electron chi connectivity index (χ2n) is 5.97. The number of aliphatic imine (C=N–C) groups is 1. The van der Waals surface area contributed by atoms with E-state index in [2.05, 4.69) is 9.98 Å². The van der Waals surface area contributed by atoms with Gasteiger partial charge in [0, 0.05) is 26.9 Å². The standard InChI is InChI=1S/C19H15Cl2N3O/c1-10-11(2)24-16-8-7-12(20)9-14(16)17(23-19(25)18(24)22-10)13-5-3-4-6-15(13)21/h3-9,19,25H,1-2H3. The summed E-state index contributed by atoms with van der Waals surface area (Å²) < 4.78 is 1.93. The van der Waals surface area contributed by atoms with Crippen LogP contribution in [0.3, 0.4) is 0 Å². The molecular weight excluding hydrogens is 357 g/mol. The molecule has 4 nitrogen and oxygen atoms in total. The Labute approximate surface area is 155 Å². The number of benzene rings is 2. The highest BCUT2D eigenvalue weighted by atomic mass is 35.5. The Morgan fingerprint density at radius 2 is 1.80 bits per heavy atom. The van der Waals surface area contributed by atoms with Gasteiger partial charge >= 0.3 is 0 Å². The van der Waals surface area contributed by atoms with Crippen molar-refractivity contribution >= 4 is 28.9 Å². The van der Waals surface area contributed by atoms with E-state index in [1.165, 1.54) is 0 Å². The molecule has 0 spiro atoms. The first-order valence-electron chi connectivity index (χ1n) is 7.84. The lowest BCUT2D eigenvalue weighted by molar-refractivity contribution is 0.177. The van der Waals surface area contributed by atoms with E-state index >= 15 is 0 Å². The van der Waals surface area contributed by atoms with Gasteiger partial charge in [0.05, 0.1) is 17.1 Å². The molecule has 4 rings (SSSR count). The molecule has 1 aliphatic rings. The molecule has 0 aliphatic carbocycles. The fourth-order valence-electron chi connectivity index (χ4n) is 3.12. The Morgan fingerprint density at radius 3 is 2.56 bits per heavy atom. The van der Waals surface area contributed by atoms with Gasteiger partial charge in [-0.1, -0.05) is 41.4 Å². The summed E-state index contributed by atoms with van der Waals surface area (Å²) in [5, 5.41) is 11.8. The van der Waals surface area contributed by atoms with Crippen LogP contribution in [0, 0.1) is 13.8 Å². The molecule has 0 amide bonds. The SMILES string of the molecule is Cc1nc2n(c1C)-c1ccc(Cl)cc1C(c1ccccc1Cl)=NC2O. The molecule has 0 bridgehead atoms. The van der Waals surface area contributed by atoms with Crippen molar-refractivity contribution in [2.24, 2.45) is 4.99 Å². The monoisotopic (exact) mass is 371 g/mol. The predicted octanol–water partition coefficient (Wildman–Crippen LogP) is 4.64. The van der Waals surface area contributed by atoms with Crippen LogP contribution in [0.1, 0.15) is 34.6 Å². The van der Waals surface area contributed by atoms with Crippen molar-refractivity contribution in [1.82, 2.24) is 9.55 Å². The first kappa shape index (κ1) is 16.3. The Balaban J connectivity index is 2.08. The van der Waals surface area contributed by atoms with E-state index in [1.54, 1.807) is 6.07 Å². The molecule has 1 aromatic heterocycles. The maximum absolute atomic E-state index is 10.7. The maximum atomic E-state index is 10.7. The molecule has 2 heterocycles. The third-order valence-electron chi connectivity index (χ3n) is 4.44. The maximum Gasteiger partial charge on any atom is 0.205 e. The van der Waals surface area contributed by atoms with E-state index < -0.39 is 6.23 Å². The third-order valence-corrected chi connectivity index (χ3v) is 5.00. The second kappa shape index (κ2) is 5.99. The van der Waals surface area contributed by atoms with Gasteiger partial charge in [-0.05, 0) is 38.1 Å². The number of aryl methyl sites for hydroxylation is 1. The summed E-state index contributed by atoms with van der Waals surface area (Å²) in [5.74, 6) is 0.487. The molecule has 1 aliphatic heterocycles. The smallest absolute Gasteiger partial charge is 0.205 e. The van der Waals surface area contributed by atoms with Crippen LogP contribution in [0.2, 0.25) is 10.0 Å². The first-order chi connectivity index (χ1) is 12.0. The van der Waals surface area contributed by atoms with Gasteiger partial charge in [0.25, 0.3) is 0 Å². The van der Waals surface area contributed by atoms with Gasteiger partial charge in [-0.3, -0.25) is 4.57 Å². The molecule has 3 aromatic rings. The van der Waals surface area contributed by atoms with E-state index in [9.17, 15) is 5.11 Å². The molecular formula is C19H15Cl2N3O. The van der Waals surface area contributed by atoms with Crippen molar-refractivity contribution < 1.29 is 5.11 Å². The number of nitrogens with zero attached hydrogens (tertiary/aromatic N) is 3. The summed E-state index contributed by atoms with van der Waals surface area (Å²) in [6.45, 7) is 3.88. The number of hydrogen-bond acceptors (Lipinski definition) is 3. The lowest BCUT2D eigenvalue weighted by Crippen LogP contribution is -2.08. The number of aliphatic hydroxyl groups is 1. The molecule has 1 N–H and O–H groups in total. The van der Waals surface area contributed by atoms with Crippen molar-refractivity contribution in [2.45, 2.75) is 20.1 Å².